The maximum Gasteiger partial charge on any atom is -0.0295 e. The summed E-state index contributed by atoms with van der Waals surface area (Å²) in [6.45, 7) is 2.63. The van der Waals surface area contributed by atoms with Gasteiger partial charge in [-0.3, -0.25) is 0 Å². The molecule has 18 heavy (non-hydrogen) atoms. The normalized spacial score (nSPS) is 55.5. The van der Waals surface area contributed by atoms with E-state index in [9.17, 15) is 0 Å². The van der Waals surface area contributed by atoms with Gasteiger partial charge < -0.3 is 0 Å². The van der Waals surface area contributed by atoms with Crippen LogP contribution in [0.4, 0.5) is 0 Å². The van der Waals surface area contributed by atoms with Crippen LogP contribution in [0.3, 0.4) is 0 Å². The molecule has 0 radical (unpaired) electrons. The van der Waals surface area contributed by atoms with Crippen molar-refractivity contribution >= 4 is 0 Å². The third-order valence-corrected chi connectivity index (χ3v) is 7.66. The zero-order valence-electron chi connectivity index (χ0n) is 12.2. The molecule has 4 fully saturated rings. The molecule has 0 saturated heterocycles. The molecule has 4 aliphatic rings. The van der Waals surface area contributed by atoms with Crippen LogP contribution in [0.1, 0.15) is 77.6 Å². The van der Waals surface area contributed by atoms with Crippen molar-refractivity contribution in [3.8, 4) is 0 Å². The zero-order valence-corrected chi connectivity index (χ0v) is 12.2. The van der Waals surface area contributed by atoms with E-state index in [1.54, 1.807) is 70.6 Å². The Morgan fingerprint density at radius 1 is 0.667 bits per heavy atom. The lowest BCUT2D eigenvalue weighted by atomic mass is 9.51. The molecule has 0 nitrogen and oxygen atoms in total. The Kier molecular flexibility index (Phi) is 2.79. The highest BCUT2D eigenvalue weighted by Crippen LogP contribution is 2.62. The van der Waals surface area contributed by atoms with Gasteiger partial charge in [0.25, 0.3) is 0 Å². The summed E-state index contributed by atoms with van der Waals surface area (Å²) in [6, 6.07) is 0. The molecular weight excluding hydrogens is 216 g/mol. The van der Waals surface area contributed by atoms with Gasteiger partial charge in [-0.1, -0.05) is 32.6 Å². The van der Waals surface area contributed by atoms with Crippen molar-refractivity contribution in [1.82, 2.24) is 0 Å². The molecule has 0 heterocycles. The van der Waals surface area contributed by atoms with Crippen molar-refractivity contribution in [1.29, 1.82) is 0 Å². The highest BCUT2D eigenvalue weighted by molar-refractivity contribution is 5.02. The SMILES string of the molecule is C[C@@]12CCCC1C1CC[C@H]3CCCCC3[C@H]1CC2. The van der Waals surface area contributed by atoms with Gasteiger partial charge >= 0.3 is 0 Å². The molecule has 102 valence electrons. The van der Waals surface area contributed by atoms with Crippen molar-refractivity contribution in [2.24, 2.45) is 35.0 Å². The highest BCUT2D eigenvalue weighted by atomic mass is 14.6. The molecule has 4 rings (SSSR count). The van der Waals surface area contributed by atoms with Gasteiger partial charge in [0.2, 0.25) is 0 Å². The fourth-order valence-corrected chi connectivity index (χ4v) is 6.82. The van der Waals surface area contributed by atoms with Crippen molar-refractivity contribution in [2.45, 2.75) is 77.6 Å². The third-order valence-electron chi connectivity index (χ3n) is 7.66. The molecule has 0 aliphatic heterocycles. The molecule has 0 bridgehead atoms. The van der Waals surface area contributed by atoms with E-state index >= 15 is 0 Å². The monoisotopic (exact) mass is 246 g/mol. The second kappa shape index (κ2) is 4.25. The van der Waals surface area contributed by atoms with Gasteiger partial charge in [-0.2, -0.15) is 0 Å². The zero-order chi connectivity index (χ0) is 12.2. The van der Waals surface area contributed by atoms with Crippen LogP contribution in [0.2, 0.25) is 0 Å². The molecule has 4 saturated carbocycles. The number of hydrogen-bond acceptors (Lipinski definition) is 0. The van der Waals surface area contributed by atoms with Crippen molar-refractivity contribution in [2.75, 3.05) is 0 Å². The fraction of sp³-hybridized carbons (Fsp3) is 1.00. The van der Waals surface area contributed by atoms with Crippen molar-refractivity contribution in [3.63, 3.8) is 0 Å². The van der Waals surface area contributed by atoms with Crippen LogP contribution in [-0.2, 0) is 0 Å². The Balaban J connectivity index is 1.59. The Hall–Kier alpha value is 0. The molecule has 0 spiro atoms. The van der Waals surface area contributed by atoms with E-state index in [2.05, 4.69) is 6.92 Å². The van der Waals surface area contributed by atoms with E-state index in [1.807, 2.05) is 0 Å². The van der Waals surface area contributed by atoms with Crippen LogP contribution in [-0.4, -0.2) is 0 Å². The van der Waals surface area contributed by atoms with Crippen molar-refractivity contribution < 1.29 is 0 Å². The molecule has 6 atom stereocenters. The Morgan fingerprint density at radius 2 is 1.56 bits per heavy atom. The van der Waals surface area contributed by atoms with Gasteiger partial charge in [-0.15, -0.1) is 0 Å². The predicted octanol–water partition coefficient (Wildman–Crippen LogP) is 5.42. The summed E-state index contributed by atoms with van der Waals surface area (Å²) in [6.07, 6.45) is 17.3. The van der Waals surface area contributed by atoms with E-state index in [1.165, 1.54) is 0 Å². The minimum Gasteiger partial charge on any atom is -0.0594 e. The smallest absolute Gasteiger partial charge is 0.0295 e. The van der Waals surface area contributed by atoms with Gasteiger partial charge in [0.05, 0.1) is 0 Å². The van der Waals surface area contributed by atoms with E-state index in [0.717, 1.165) is 35.0 Å². The molecule has 0 heteroatoms. The predicted molar refractivity (Wildman–Crippen MR) is 76.3 cm³/mol. The molecule has 3 unspecified atom stereocenters. The maximum atomic E-state index is 2.63. The van der Waals surface area contributed by atoms with Crippen LogP contribution >= 0.6 is 0 Å². The minimum atomic E-state index is 0.767. The average molecular weight is 246 g/mol. The summed E-state index contributed by atoms with van der Waals surface area (Å²) in [7, 11) is 0. The second-order valence-corrected chi connectivity index (χ2v) is 8.30. The maximum absolute atomic E-state index is 2.63. The molecule has 0 amide bonds. The molecule has 4 aliphatic carbocycles. The summed E-state index contributed by atoms with van der Waals surface area (Å²) in [5, 5.41) is 0. The Morgan fingerprint density at radius 3 is 2.50 bits per heavy atom. The Labute approximate surface area is 113 Å². The van der Waals surface area contributed by atoms with Crippen molar-refractivity contribution in [3.05, 3.63) is 0 Å². The summed E-state index contributed by atoms with van der Waals surface area (Å²) >= 11 is 0. The highest BCUT2D eigenvalue weighted by Gasteiger charge is 2.52. The van der Waals surface area contributed by atoms with E-state index in [4.69, 9.17) is 0 Å². The van der Waals surface area contributed by atoms with E-state index in [-0.39, 0.29) is 0 Å². The first-order valence-electron chi connectivity index (χ1n) is 8.78. The lowest BCUT2D eigenvalue weighted by Gasteiger charge is -2.54. The summed E-state index contributed by atoms with van der Waals surface area (Å²) in [5.74, 6) is 5.72. The van der Waals surface area contributed by atoms with Gasteiger partial charge in [0.1, 0.15) is 0 Å². The Bertz CT molecular complexity index is 320. The summed E-state index contributed by atoms with van der Waals surface area (Å²) < 4.78 is 0. The largest absolute Gasteiger partial charge is 0.0594 e. The molecule has 0 aromatic carbocycles. The van der Waals surface area contributed by atoms with E-state index in [0.29, 0.717) is 0 Å². The van der Waals surface area contributed by atoms with Gasteiger partial charge in [-0.05, 0) is 80.0 Å². The van der Waals surface area contributed by atoms with Gasteiger partial charge in [0, 0.05) is 0 Å². The average Bonchev–Trinajstić information content (AvgIpc) is 2.80. The van der Waals surface area contributed by atoms with Gasteiger partial charge in [-0.25, -0.2) is 0 Å². The summed E-state index contributed by atoms with van der Waals surface area (Å²) in [4.78, 5) is 0. The lowest BCUT2D eigenvalue weighted by Crippen LogP contribution is -2.46. The first kappa shape index (κ1) is 11.8. The minimum absolute atomic E-state index is 0.767. The topological polar surface area (TPSA) is 0 Å². The van der Waals surface area contributed by atoms with Crippen LogP contribution in [0, 0.1) is 35.0 Å². The number of fused-ring (bicyclic) bond motifs is 5. The molecule has 0 N–H and O–H groups in total. The van der Waals surface area contributed by atoms with Crippen LogP contribution in [0.15, 0.2) is 0 Å². The molecule has 0 aromatic rings. The first-order valence-corrected chi connectivity index (χ1v) is 8.78. The second-order valence-electron chi connectivity index (χ2n) is 8.30. The molecular formula is C18H30. The third kappa shape index (κ3) is 1.63. The first-order chi connectivity index (χ1) is 8.78. The van der Waals surface area contributed by atoms with Crippen LogP contribution in [0.25, 0.3) is 0 Å². The number of hydrogen-bond donors (Lipinski definition) is 0. The number of rotatable bonds is 0. The summed E-state index contributed by atoms with van der Waals surface area (Å²) in [5.41, 5.74) is 0.767. The quantitative estimate of drug-likeness (QED) is 0.535. The molecule has 0 aromatic heterocycles. The standard InChI is InChI=1S/C18H30/c1-18-11-4-7-17(18)16-9-8-13-5-2-3-6-14(13)15(16)10-12-18/h13-17H,2-12H2,1H3/t13-,14?,15-,16?,17?,18+/m1/s1. The van der Waals surface area contributed by atoms with Crippen LogP contribution in [0.5, 0.6) is 0 Å². The fourth-order valence-electron chi connectivity index (χ4n) is 6.82. The van der Waals surface area contributed by atoms with Gasteiger partial charge in [0.15, 0.2) is 0 Å². The van der Waals surface area contributed by atoms with Crippen LogP contribution < -0.4 is 0 Å². The lowest BCUT2D eigenvalue weighted by molar-refractivity contribution is -0.0492. The van der Waals surface area contributed by atoms with E-state index < -0.39 is 0 Å².